The van der Waals surface area contributed by atoms with Gasteiger partial charge in [0.25, 0.3) is 0 Å². The molecule has 2 nitrogen and oxygen atoms in total. The van der Waals surface area contributed by atoms with Crippen LogP contribution in [0.5, 0.6) is 0 Å². The smallest absolute Gasteiger partial charge is 0.123 e. The third-order valence-corrected chi connectivity index (χ3v) is 5.15. The normalized spacial score (nSPS) is 10.7. The SMILES string of the molecule is CCc1ccc(CNc2ccc(-c3nccs3)cc2)s1. The lowest BCUT2D eigenvalue weighted by Crippen LogP contribution is -1.96. The minimum Gasteiger partial charge on any atom is -0.380 e. The van der Waals surface area contributed by atoms with Crippen molar-refractivity contribution in [2.75, 3.05) is 5.32 Å². The van der Waals surface area contributed by atoms with Crippen molar-refractivity contribution in [1.29, 1.82) is 0 Å². The second kappa shape index (κ2) is 6.20. The van der Waals surface area contributed by atoms with Gasteiger partial charge in [-0.25, -0.2) is 4.98 Å². The van der Waals surface area contributed by atoms with Crippen LogP contribution in [-0.2, 0) is 13.0 Å². The van der Waals surface area contributed by atoms with E-state index >= 15 is 0 Å². The maximum atomic E-state index is 4.32. The Morgan fingerprint density at radius 1 is 1.05 bits per heavy atom. The van der Waals surface area contributed by atoms with Gasteiger partial charge >= 0.3 is 0 Å². The summed E-state index contributed by atoms with van der Waals surface area (Å²) in [4.78, 5) is 7.15. The number of anilines is 1. The Labute approximate surface area is 127 Å². The van der Waals surface area contributed by atoms with Crippen LogP contribution in [0.1, 0.15) is 16.7 Å². The molecule has 0 bridgehead atoms. The van der Waals surface area contributed by atoms with Crippen LogP contribution in [-0.4, -0.2) is 4.98 Å². The maximum Gasteiger partial charge on any atom is 0.123 e. The molecule has 0 radical (unpaired) electrons. The first-order chi connectivity index (χ1) is 9.85. The molecule has 2 heterocycles. The summed E-state index contributed by atoms with van der Waals surface area (Å²) in [5, 5.41) is 6.54. The number of thiophene rings is 1. The molecule has 0 fully saturated rings. The third-order valence-electron chi connectivity index (χ3n) is 3.10. The first-order valence-corrected chi connectivity index (χ1v) is 8.36. The molecule has 0 amide bonds. The Morgan fingerprint density at radius 2 is 1.85 bits per heavy atom. The summed E-state index contributed by atoms with van der Waals surface area (Å²) in [6, 6.07) is 12.9. The number of nitrogens with zero attached hydrogens (tertiary/aromatic N) is 1. The van der Waals surface area contributed by atoms with Crippen molar-refractivity contribution in [3.8, 4) is 10.6 Å². The van der Waals surface area contributed by atoms with E-state index in [9.17, 15) is 0 Å². The molecule has 0 unspecified atom stereocenters. The topological polar surface area (TPSA) is 24.9 Å². The molecule has 4 heteroatoms. The van der Waals surface area contributed by atoms with Gasteiger partial charge in [0.1, 0.15) is 5.01 Å². The van der Waals surface area contributed by atoms with E-state index in [-0.39, 0.29) is 0 Å². The third kappa shape index (κ3) is 3.08. The number of rotatable bonds is 5. The van der Waals surface area contributed by atoms with E-state index in [1.807, 2.05) is 22.9 Å². The molecule has 0 saturated carbocycles. The molecule has 1 aromatic carbocycles. The first kappa shape index (κ1) is 13.3. The van der Waals surface area contributed by atoms with Gasteiger partial charge in [-0.2, -0.15) is 0 Å². The molecule has 2 aromatic heterocycles. The minimum absolute atomic E-state index is 0.890. The van der Waals surface area contributed by atoms with E-state index < -0.39 is 0 Å². The standard InChI is InChI=1S/C16H16N2S2/c1-2-14-7-8-15(20-14)11-18-13-5-3-12(4-6-13)16-17-9-10-19-16/h3-10,18H,2,11H2,1H3. The molecular weight excluding hydrogens is 284 g/mol. The zero-order valence-corrected chi connectivity index (χ0v) is 12.9. The van der Waals surface area contributed by atoms with Crippen LogP contribution in [0, 0.1) is 0 Å². The molecule has 0 saturated heterocycles. The Hall–Kier alpha value is -1.65. The highest BCUT2D eigenvalue weighted by atomic mass is 32.1. The molecule has 1 N–H and O–H groups in total. The fraction of sp³-hybridized carbons (Fsp3) is 0.188. The number of hydrogen-bond acceptors (Lipinski definition) is 4. The highest BCUT2D eigenvalue weighted by molar-refractivity contribution is 7.13. The molecule has 3 aromatic rings. The second-order valence-electron chi connectivity index (χ2n) is 4.49. The lowest BCUT2D eigenvalue weighted by molar-refractivity contribution is 1.19. The molecule has 0 aliphatic carbocycles. The minimum atomic E-state index is 0.890. The Morgan fingerprint density at radius 3 is 2.50 bits per heavy atom. The van der Waals surface area contributed by atoms with Crippen molar-refractivity contribution in [3.05, 3.63) is 57.7 Å². The van der Waals surface area contributed by atoms with E-state index in [0.717, 1.165) is 23.7 Å². The van der Waals surface area contributed by atoms with Crippen LogP contribution in [0.15, 0.2) is 48.0 Å². The second-order valence-corrected chi connectivity index (χ2v) is 6.64. The van der Waals surface area contributed by atoms with E-state index in [1.54, 1.807) is 11.3 Å². The summed E-state index contributed by atoms with van der Waals surface area (Å²) in [6.45, 7) is 3.08. The first-order valence-electron chi connectivity index (χ1n) is 6.66. The zero-order valence-electron chi connectivity index (χ0n) is 11.3. The van der Waals surface area contributed by atoms with Crippen LogP contribution >= 0.6 is 22.7 Å². The monoisotopic (exact) mass is 300 g/mol. The molecule has 0 atom stereocenters. The van der Waals surface area contributed by atoms with Gasteiger partial charge in [0.05, 0.1) is 0 Å². The number of aryl methyl sites for hydroxylation is 1. The lowest BCUT2D eigenvalue weighted by Gasteiger charge is -2.05. The predicted molar refractivity (Wildman–Crippen MR) is 88.6 cm³/mol. The molecule has 102 valence electrons. The average Bonchev–Trinajstić information content (AvgIpc) is 3.17. The van der Waals surface area contributed by atoms with E-state index in [2.05, 4.69) is 53.6 Å². The molecular formula is C16H16N2S2. The van der Waals surface area contributed by atoms with Gasteiger partial charge in [-0.3, -0.25) is 0 Å². The van der Waals surface area contributed by atoms with Crippen LogP contribution in [0.25, 0.3) is 10.6 Å². The van der Waals surface area contributed by atoms with Gasteiger partial charge < -0.3 is 5.32 Å². The van der Waals surface area contributed by atoms with Gasteiger partial charge in [0.2, 0.25) is 0 Å². The van der Waals surface area contributed by atoms with Crippen molar-refractivity contribution in [2.45, 2.75) is 19.9 Å². The van der Waals surface area contributed by atoms with E-state index in [1.165, 1.54) is 15.3 Å². The number of hydrogen-bond donors (Lipinski definition) is 1. The highest BCUT2D eigenvalue weighted by Gasteiger charge is 2.01. The fourth-order valence-corrected chi connectivity index (χ4v) is 3.54. The quantitative estimate of drug-likeness (QED) is 0.713. The van der Waals surface area contributed by atoms with Gasteiger partial charge in [0.15, 0.2) is 0 Å². The number of thiazole rings is 1. The Bertz CT molecular complexity index is 654. The van der Waals surface area contributed by atoms with E-state index in [0.29, 0.717) is 0 Å². The van der Waals surface area contributed by atoms with Crippen molar-refractivity contribution < 1.29 is 0 Å². The van der Waals surface area contributed by atoms with Crippen LogP contribution < -0.4 is 5.32 Å². The summed E-state index contributed by atoms with van der Waals surface area (Å²) in [6.07, 6.45) is 2.96. The summed E-state index contributed by atoms with van der Waals surface area (Å²) < 4.78 is 0. The van der Waals surface area contributed by atoms with Gasteiger partial charge in [-0.1, -0.05) is 6.92 Å². The summed E-state index contributed by atoms with van der Waals surface area (Å²) in [5.41, 5.74) is 2.33. The van der Waals surface area contributed by atoms with Gasteiger partial charge in [0, 0.05) is 39.1 Å². The molecule has 0 aliphatic rings. The Balaban J connectivity index is 1.63. The number of nitrogens with one attached hydrogen (secondary N) is 1. The van der Waals surface area contributed by atoms with Crippen molar-refractivity contribution in [2.24, 2.45) is 0 Å². The van der Waals surface area contributed by atoms with Gasteiger partial charge in [-0.15, -0.1) is 22.7 Å². The average molecular weight is 300 g/mol. The number of benzene rings is 1. The van der Waals surface area contributed by atoms with Crippen molar-refractivity contribution in [1.82, 2.24) is 4.98 Å². The molecule has 0 aliphatic heterocycles. The summed E-state index contributed by atoms with van der Waals surface area (Å²) in [5.74, 6) is 0. The van der Waals surface area contributed by atoms with Crippen LogP contribution in [0.2, 0.25) is 0 Å². The largest absolute Gasteiger partial charge is 0.380 e. The molecule has 0 spiro atoms. The Kier molecular flexibility index (Phi) is 4.14. The summed E-state index contributed by atoms with van der Waals surface area (Å²) >= 11 is 3.55. The van der Waals surface area contributed by atoms with Crippen molar-refractivity contribution in [3.63, 3.8) is 0 Å². The van der Waals surface area contributed by atoms with Crippen LogP contribution in [0.3, 0.4) is 0 Å². The lowest BCUT2D eigenvalue weighted by atomic mass is 10.2. The maximum absolute atomic E-state index is 4.32. The number of aromatic nitrogens is 1. The van der Waals surface area contributed by atoms with E-state index in [4.69, 9.17) is 0 Å². The predicted octanol–water partition coefficient (Wildman–Crippen LogP) is 5.05. The summed E-state index contributed by atoms with van der Waals surface area (Å²) in [7, 11) is 0. The molecule has 3 rings (SSSR count). The van der Waals surface area contributed by atoms with Gasteiger partial charge in [-0.05, 0) is 42.8 Å². The highest BCUT2D eigenvalue weighted by Crippen LogP contribution is 2.24. The zero-order chi connectivity index (χ0) is 13.8. The molecule has 20 heavy (non-hydrogen) atoms. The van der Waals surface area contributed by atoms with Crippen LogP contribution in [0.4, 0.5) is 5.69 Å². The fourth-order valence-electron chi connectivity index (χ4n) is 1.99. The van der Waals surface area contributed by atoms with Crippen molar-refractivity contribution >= 4 is 28.4 Å².